The number of fused-ring (bicyclic) bond motifs is 1. The summed E-state index contributed by atoms with van der Waals surface area (Å²) in [6, 6.07) is 5.34. The number of nitrogens with zero attached hydrogens (tertiary/aromatic N) is 3. The quantitative estimate of drug-likeness (QED) is 0.354. The first kappa shape index (κ1) is 21.0. The van der Waals surface area contributed by atoms with Gasteiger partial charge in [0.15, 0.2) is 16.5 Å². The summed E-state index contributed by atoms with van der Waals surface area (Å²) >= 11 is 0.575. The number of nitro groups is 1. The van der Waals surface area contributed by atoms with Crippen LogP contribution in [0.5, 0.6) is 11.5 Å². The van der Waals surface area contributed by atoms with Crippen LogP contribution in [0.1, 0.15) is 20.9 Å². The number of benzene rings is 2. The lowest BCUT2D eigenvalue weighted by Gasteiger charge is -2.05. The number of carbonyl (C=O) groups is 1. The van der Waals surface area contributed by atoms with Crippen molar-refractivity contribution in [2.24, 2.45) is 5.10 Å². The highest BCUT2D eigenvalue weighted by Crippen LogP contribution is 2.38. The fourth-order valence-electron chi connectivity index (χ4n) is 2.40. The number of hydrogen-bond acceptors (Lipinski definition) is 8. The van der Waals surface area contributed by atoms with Gasteiger partial charge in [0.1, 0.15) is 4.70 Å². The zero-order valence-corrected chi connectivity index (χ0v) is 15.7. The number of nitro benzene ring substituents is 1. The molecule has 30 heavy (non-hydrogen) atoms. The summed E-state index contributed by atoms with van der Waals surface area (Å²) in [5.41, 5.74) is 0.256. The van der Waals surface area contributed by atoms with Crippen LogP contribution < -0.4 is 10.2 Å². The lowest BCUT2D eigenvalue weighted by atomic mass is 10.2. The third-order valence-electron chi connectivity index (χ3n) is 3.77. The van der Waals surface area contributed by atoms with Crippen LogP contribution in [0.2, 0.25) is 0 Å². The molecule has 156 valence electrons. The van der Waals surface area contributed by atoms with E-state index in [2.05, 4.69) is 15.5 Å². The molecule has 2 N–H and O–H groups in total. The number of rotatable bonds is 5. The SMILES string of the molecule is COc1cc(C=NNC(=O)c2nc3cc(C(F)(F)F)cc([N+](=O)[O-])c3s2)ccc1O. The molecule has 2 aromatic carbocycles. The van der Waals surface area contributed by atoms with Crippen molar-refractivity contribution < 1.29 is 32.7 Å². The number of carbonyl (C=O) groups excluding carboxylic acids is 1. The van der Waals surface area contributed by atoms with Crippen LogP contribution in [0.25, 0.3) is 10.2 Å². The van der Waals surface area contributed by atoms with Gasteiger partial charge >= 0.3 is 6.18 Å². The first-order valence-corrected chi connectivity index (χ1v) is 8.78. The highest BCUT2D eigenvalue weighted by atomic mass is 32.1. The summed E-state index contributed by atoms with van der Waals surface area (Å²) in [6.45, 7) is 0. The molecule has 9 nitrogen and oxygen atoms in total. The number of amides is 1. The summed E-state index contributed by atoms with van der Waals surface area (Å²) in [7, 11) is 1.36. The maximum absolute atomic E-state index is 13.0. The van der Waals surface area contributed by atoms with Gasteiger partial charge in [0, 0.05) is 6.07 Å². The average Bonchev–Trinajstić information content (AvgIpc) is 3.11. The van der Waals surface area contributed by atoms with E-state index >= 15 is 0 Å². The van der Waals surface area contributed by atoms with E-state index in [0.717, 1.165) is 0 Å². The number of hydrogen-bond donors (Lipinski definition) is 2. The van der Waals surface area contributed by atoms with Crippen molar-refractivity contribution in [3.05, 3.63) is 56.6 Å². The van der Waals surface area contributed by atoms with Gasteiger partial charge in [-0.2, -0.15) is 18.3 Å². The maximum atomic E-state index is 13.0. The van der Waals surface area contributed by atoms with Crippen LogP contribution in [0.3, 0.4) is 0 Å². The third-order valence-corrected chi connectivity index (χ3v) is 4.86. The fraction of sp³-hybridized carbons (Fsp3) is 0.118. The highest BCUT2D eigenvalue weighted by Gasteiger charge is 2.34. The van der Waals surface area contributed by atoms with Gasteiger partial charge in [0.25, 0.3) is 11.6 Å². The standard InChI is InChI=1S/C17H11F3N4O5S/c1-29-13-4-8(2-3-12(13)25)7-21-23-15(26)16-22-10-5-9(17(18,19)20)6-11(24(27)28)14(10)30-16/h2-7,25H,1H3,(H,23,26). The third kappa shape index (κ3) is 4.30. The molecule has 0 radical (unpaired) electrons. The van der Waals surface area contributed by atoms with Gasteiger partial charge in [-0.25, -0.2) is 10.4 Å². The minimum atomic E-state index is -4.81. The zero-order chi connectivity index (χ0) is 22.1. The number of non-ortho nitro benzene ring substituents is 1. The Labute approximate surface area is 169 Å². The number of alkyl halides is 3. The number of ether oxygens (including phenoxy) is 1. The average molecular weight is 440 g/mol. The minimum absolute atomic E-state index is 0.0898. The summed E-state index contributed by atoms with van der Waals surface area (Å²) in [4.78, 5) is 26.2. The van der Waals surface area contributed by atoms with Gasteiger partial charge in [-0.15, -0.1) is 11.3 Å². The molecule has 0 aliphatic rings. The second kappa shape index (κ2) is 7.94. The molecular formula is C17H11F3N4O5S. The van der Waals surface area contributed by atoms with E-state index < -0.39 is 28.3 Å². The Balaban J connectivity index is 1.86. The largest absolute Gasteiger partial charge is 0.504 e. The van der Waals surface area contributed by atoms with Crippen LogP contribution in [0.15, 0.2) is 35.4 Å². The number of hydrazone groups is 1. The van der Waals surface area contributed by atoms with E-state index in [4.69, 9.17) is 4.74 Å². The van der Waals surface area contributed by atoms with Crippen LogP contribution in [-0.2, 0) is 6.18 Å². The fourth-order valence-corrected chi connectivity index (χ4v) is 3.32. The van der Waals surface area contributed by atoms with Gasteiger partial charge in [0.2, 0.25) is 0 Å². The van der Waals surface area contributed by atoms with Crippen molar-refractivity contribution in [3.63, 3.8) is 0 Å². The molecule has 0 aliphatic heterocycles. The molecule has 0 fully saturated rings. The predicted octanol–water partition coefficient (Wildman–Crippen LogP) is 3.70. The summed E-state index contributed by atoms with van der Waals surface area (Å²) in [5, 5.41) is 24.1. The Kier molecular flexibility index (Phi) is 5.56. The first-order chi connectivity index (χ1) is 14.1. The van der Waals surface area contributed by atoms with Gasteiger partial charge in [-0.3, -0.25) is 14.9 Å². The molecule has 0 atom stereocenters. The monoisotopic (exact) mass is 440 g/mol. The lowest BCUT2D eigenvalue weighted by Crippen LogP contribution is -2.17. The molecule has 0 aliphatic carbocycles. The van der Waals surface area contributed by atoms with Crippen molar-refractivity contribution in [1.29, 1.82) is 0 Å². The Hall–Kier alpha value is -3.74. The molecular weight excluding hydrogens is 429 g/mol. The van der Waals surface area contributed by atoms with Crippen molar-refractivity contribution in [2.75, 3.05) is 7.11 Å². The number of aromatic hydroxyl groups is 1. The van der Waals surface area contributed by atoms with E-state index in [1.807, 2.05) is 0 Å². The number of aromatic nitrogens is 1. The lowest BCUT2D eigenvalue weighted by molar-refractivity contribution is -0.383. The first-order valence-electron chi connectivity index (χ1n) is 7.96. The molecule has 1 heterocycles. The number of methoxy groups -OCH3 is 1. The summed E-state index contributed by atoms with van der Waals surface area (Å²) in [6.07, 6.45) is -3.57. The van der Waals surface area contributed by atoms with Gasteiger partial charge in [0.05, 0.1) is 29.3 Å². The molecule has 3 rings (SSSR count). The summed E-state index contributed by atoms with van der Waals surface area (Å²) < 4.78 is 43.7. The highest BCUT2D eigenvalue weighted by molar-refractivity contribution is 7.20. The summed E-state index contributed by atoms with van der Waals surface area (Å²) in [5.74, 6) is -0.766. The molecule has 13 heteroatoms. The molecule has 0 saturated heterocycles. The topological polar surface area (TPSA) is 127 Å². The number of nitrogens with one attached hydrogen (secondary N) is 1. The maximum Gasteiger partial charge on any atom is 0.416 e. The number of phenols is 1. The van der Waals surface area contributed by atoms with Gasteiger partial charge in [-0.05, 0) is 29.8 Å². The number of halogens is 3. The molecule has 3 aromatic rings. The Morgan fingerprint density at radius 2 is 2.10 bits per heavy atom. The molecule has 0 saturated carbocycles. The van der Waals surface area contributed by atoms with Crippen LogP contribution in [0, 0.1) is 10.1 Å². The van der Waals surface area contributed by atoms with Crippen molar-refractivity contribution in [3.8, 4) is 11.5 Å². The van der Waals surface area contributed by atoms with Crippen LogP contribution in [0.4, 0.5) is 18.9 Å². The Morgan fingerprint density at radius 3 is 2.73 bits per heavy atom. The van der Waals surface area contributed by atoms with Crippen molar-refractivity contribution in [2.45, 2.75) is 6.18 Å². The molecule has 0 bridgehead atoms. The molecule has 1 aromatic heterocycles. The van der Waals surface area contributed by atoms with Gasteiger partial charge in [-0.1, -0.05) is 0 Å². The smallest absolute Gasteiger partial charge is 0.416 e. The molecule has 0 unspecified atom stereocenters. The van der Waals surface area contributed by atoms with E-state index in [9.17, 15) is 33.2 Å². The van der Waals surface area contributed by atoms with E-state index in [1.165, 1.54) is 31.5 Å². The number of phenolic OH excluding ortho intramolecular Hbond substituents is 1. The zero-order valence-electron chi connectivity index (χ0n) is 14.9. The van der Waals surface area contributed by atoms with E-state index in [0.29, 0.717) is 29.0 Å². The van der Waals surface area contributed by atoms with E-state index in [1.54, 1.807) is 0 Å². The van der Waals surface area contributed by atoms with Crippen LogP contribution in [-0.4, -0.2) is 34.2 Å². The van der Waals surface area contributed by atoms with E-state index in [-0.39, 0.29) is 26.7 Å². The van der Waals surface area contributed by atoms with Crippen molar-refractivity contribution in [1.82, 2.24) is 10.4 Å². The van der Waals surface area contributed by atoms with Gasteiger partial charge < -0.3 is 9.84 Å². The normalized spacial score (nSPS) is 11.7. The van der Waals surface area contributed by atoms with Crippen molar-refractivity contribution >= 4 is 39.4 Å². The van der Waals surface area contributed by atoms with Crippen LogP contribution >= 0.6 is 11.3 Å². The Morgan fingerprint density at radius 1 is 1.37 bits per heavy atom. The molecule has 0 spiro atoms. The Bertz CT molecular complexity index is 1180. The minimum Gasteiger partial charge on any atom is -0.504 e. The second-order valence-electron chi connectivity index (χ2n) is 5.75. The molecule has 1 amide bonds. The number of thiazole rings is 1. The second-order valence-corrected chi connectivity index (χ2v) is 6.75. The predicted molar refractivity (Wildman–Crippen MR) is 101 cm³/mol.